The van der Waals surface area contributed by atoms with Gasteiger partial charge < -0.3 is 15.0 Å². The van der Waals surface area contributed by atoms with Crippen LogP contribution in [0.3, 0.4) is 0 Å². The number of likely N-dealkylation sites (N-methyl/N-ethyl adjacent to an activating group) is 1. The number of rotatable bonds is 7. The van der Waals surface area contributed by atoms with Gasteiger partial charge in [0, 0.05) is 25.7 Å². The maximum absolute atomic E-state index is 12.8. The molecule has 0 spiro atoms. The Kier molecular flexibility index (Phi) is 6.26. The van der Waals surface area contributed by atoms with Crippen molar-refractivity contribution in [1.29, 1.82) is 0 Å². The fourth-order valence-corrected chi connectivity index (χ4v) is 2.36. The van der Waals surface area contributed by atoms with Crippen LogP contribution >= 0.6 is 0 Å². The molecule has 1 saturated heterocycles. The highest BCUT2D eigenvalue weighted by Gasteiger charge is 2.33. The van der Waals surface area contributed by atoms with Gasteiger partial charge in [0.1, 0.15) is 12.4 Å². The Morgan fingerprint density at radius 2 is 1.92 bits per heavy atom. The monoisotopic (exact) mass is 365 g/mol. The van der Waals surface area contributed by atoms with E-state index in [0.717, 1.165) is 4.90 Å². The molecule has 1 aromatic carbocycles. The number of halogens is 1. The summed E-state index contributed by atoms with van der Waals surface area (Å²) < 4.78 is 17.8. The second kappa shape index (κ2) is 8.41. The van der Waals surface area contributed by atoms with Crippen molar-refractivity contribution < 1.29 is 28.3 Å². The number of hydrogen-bond donors (Lipinski definition) is 1. The van der Waals surface area contributed by atoms with E-state index in [1.165, 1.54) is 43.1 Å². The van der Waals surface area contributed by atoms with Crippen LogP contribution in [0, 0.1) is 5.82 Å². The highest BCUT2D eigenvalue weighted by Crippen LogP contribution is 2.11. The van der Waals surface area contributed by atoms with Crippen molar-refractivity contribution in [3.05, 3.63) is 30.1 Å². The molecule has 1 heterocycles. The van der Waals surface area contributed by atoms with Gasteiger partial charge in [-0.05, 0) is 37.6 Å². The van der Waals surface area contributed by atoms with E-state index in [4.69, 9.17) is 4.74 Å². The van der Waals surface area contributed by atoms with E-state index in [9.17, 15) is 23.6 Å². The standard InChI is InChI=1S/C17H20FN3O5/c1-11(16(24)19-13-7-5-12(18)6-8-13)26-15(23)4-3-9-21-14(22)10-20(2)17(21)25/h5-8,11H,3-4,9-10H2,1-2H3,(H,19,24)/t11-/m0/s1. The molecule has 1 aromatic rings. The van der Waals surface area contributed by atoms with Gasteiger partial charge >= 0.3 is 12.0 Å². The normalized spacial score (nSPS) is 15.2. The summed E-state index contributed by atoms with van der Waals surface area (Å²) in [5, 5.41) is 2.51. The summed E-state index contributed by atoms with van der Waals surface area (Å²) in [6.07, 6.45) is -0.820. The minimum absolute atomic E-state index is 0.0316. The largest absolute Gasteiger partial charge is 0.453 e. The van der Waals surface area contributed by atoms with Gasteiger partial charge in [-0.2, -0.15) is 0 Å². The average Bonchev–Trinajstić information content (AvgIpc) is 2.83. The summed E-state index contributed by atoms with van der Waals surface area (Å²) in [4.78, 5) is 49.4. The average molecular weight is 365 g/mol. The number of amides is 4. The van der Waals surface area contributed by atoms with E-state index in [1.807, 2.05) is 0 Å². The predicted molar refractivity (Wildman–Crippen MR) is 89.6 cm³/mol. The van der Waals surface area contributed by atoms with E-state index in [-0.39, 0.29) is 31.8 Å². The van der Waals surface area contributed by atoms with Crippen LogP contribution < -0.4 is 5.32 Å². The van der Waals surface area contributed by atoms with Crippen LogP contribution in [-0.4, -0.2) is 59.9 Å². The summed E-state index contributed by atoms with van der Waals surface area (Å²) in [5.41, 5.74) is 0.384. The van der Waals surface area contributed by atoms with Crippen molar-refractivity contribution in [1.82, 2.24) is 9.80 Å². The van der Waals surface area contributed by atoms with Gasteiger partial charge in [-0.15, -0.1) is 0 Å². The van der Waals surface area contributed by atoms with Gasteiger partial charge in [-0.1, -0.05) is 0 Å². The van der Waals surface area contributed by atoms with Gasteiger partial charge in [0.15, 0.2) is 6.10 Å². The number of carbonyl (C=O) groups excluding carboxylic acids is 4. The van der Waals surface area contributed by atoms with E-state index >= 15 is 0 Å². The first-order chi connectivity index (χ1) is 12.3. The molecule has 2 rings (SSSR count). The number of carbonyl (C=O) groups is 4. The molecule has 8 nitrogen and oxygen atoms in total. The molecule has 1 aliphatic rings. The van der Waals surface area contributed by atoms with Crippen LogP contribution in [0.2, 0.25) is 0 Å². The lowest BCUT2D eigenvalue weighted by Crippen LogP contribution is -2.33. The van der Waals surface area contributed by atoms with Crippen molar-refractivity contribution in [3.8, 4) is 0 Å². The molecule has 1 aliphatic heterocycles. The molecule has 9 heteroatoms. The first-order valence-electron chi connectivity index (χ1n) is 8.09. The smallest absolute Gasteiger partial charge is 0.326 e. The molecule has 1 N–H and O–H groups in total. The highest BCUT2D eigenvalue weighted by atomic mass is 19.1. The molecule has 0 bridgehead atoms. The summed E-state index contributed by atoms with van der Waals surface area (Å²) in [6.45, 7) is 1.57. The van der Waals surface area contributed by atoms with Gasteiger partial charge in [-0.3, -0.25) is 19.3 Å². The van der Waals surface area contributed by atoms with Crippen molar-refractivity contribution in [2.24, 2.45) is 0 Å². The first-order valence-corrected chi connectivity index (χ1v) is 8.09. The molecular weight excluding hydrogens is 345 g/mol. The Bertz CT molecular complexity index is 707. The number of imide groups is 1. The minimum Gasteiger partial charge on any atom is -0.453 e. The maximum Gasteiger partial charge on any atom is 0.326 e. The fraction of sp³-hybridized carbons (Fsp3) is 0.412. The van der Waals surface area contributed by atoms with Crippen LogP contribution in [0.5, 0.6) is 0 Å². The van der Waals surface area contributed by atoms with E-state index in [0.29, 0.717) is 5.69 Å². The molecular formula is C17H20FN3O5. The number of benzene rings is 1. The number of ether oxygens (including phenoxy) is 1. The van der Waals surface area contributed by atoms with Gasteiger partial charge in [-0.25, -0.2) is 9.18 Å². The minimum atomic E-state index is -1.03. The Balaban J connectivity index is 1.73. The van der Waals surface area contributed by atoms with Crippen molar-refractivity contribution in [2.45, 2.75) is 25.9 Å². The molecule has 1 fully saturated rings. The molecule has 1 atom stereocenters. The quantitative estimate of drug-likeness (QED) is 0.582. The predicted octanol–water partition coefficient (Wildman–Crippen LogP) is 1.37. The number of nitrogens with one attached hydrogen (secondary N) is 1. The van der Waals surface area contributed by atoms with Crippen molar-refractivity contribution in [2.75, 3.05) is 25.5 Å². The van der Waals surface area contributed by atoms with Crippen LogP contribution in [0.15, 0.2) is 24.3 Å². The second-order valence-electron chi connectivity index (χ2n) is 5.92. The number of esters is 1. The third-order valence-corrected chi connectivity index (χ3v) is 3.78. The second-order valence-corrected chi connectivity index (χ2v) is 5.92. The number of hydrogen-bond acceptors (Lipinski definition) is 5. The molecule has 0 aromatic heterocycles. The summed E-state index contributed by atoms with van der Waals surface area (Å²) in [5.74, 6) is -1.89. The lowest BCUT2D eigenvalue weighted by molar-refractivity contribution is -0.153. The van der Waals surface area contributed by atoms with Gasteiger partial charge in [0.25, 0.3) is 5.91 Å². The number of urea groups is 1. The van der Waals surface area contributed by atoms with Crippen LogP contribution in [-0.2, 0) is 19.1 Å². The molecule has 140 valence electrons. The lowest BCUT2D eigenvalue weighted by atomic mass is 10.2. The first kappa shape index (κ1) is 19.4. The van der Waals surface area contributed by atoms with Gasteiger partial charge in [0.05, 0.1) is 0 Å². The Morgan fingerprint density at radius 1 is 1.27 bits per heavy atom. The molecule has 0 saturated carbocycles. The molecule has 0 unspecified atom stereocenters. The molecule has 0 radical (unpaired) electrons. The zero-order valence-corrected chi connectivity index (χ0v) is 14.5. The third-order valence-electron chi connectivity index (χ3n) is 3.78. The molecule has 0 aliphatic carbocycles. The summed E-state index contributed by atoms with van der Waals surface area (Å²) in [6, 6.07) is 4.79. The van der Waals surface area contributed by atoms with E-state index < -0.39 is 29.8 Å². The molecule has 26 heavy (non-hydrogen) atoms. The fourth-order valence-electron chi connectivity index (χ4n) is 2.36. The van der Waals surface area contributed by atoms with Crippen molar-refractivity contribution >= 4 is 29.5 Å². The van der Waals surface area contributed by atoms with Gasteiger partial charge in [0.2, 0.25) is 5.91 Å². The van der Waals surface area contributed by atoms with E-state index in [2.05, 4.69) is 5.32 Å². The van der Waals surface area contributed by atoms with Crippen LogP contribution in [0.25, 0.3) is 0 Å². The Labute approximate surface area is 149 Å². The highest BCUT2D eigenvalue weighted by molar-refractivity contribution is 6.01. The van der Waals surface area contributed by atoms with Crippen molar-refractivity contribution in [3.63, 3.8) is 0 Å². The zero-order valence-electron chi connectivity index (χ0n) is 14.5. The van der Waals surface area contributed by atoms with Crippen LogP contribution in [0.4, 0.5) is 14.9 Å². The van der Waals surface area contributed by atoms with E-state index in [1.54, 1.807) is 0 Å². The SMILES string of the molecule is C[C@H](OC(=O)CCCN1C(=O)CN(C)C1=O)C(=O)Nc1ccc(F)cc1. The zero-order chi connectivity index (χ0) is 19.3. The number of nitrogens with zero attached hydrogens (tertiary/aromatic N) is 2. The summed E-state index contributed by atoms with van der Waals surface area (Å²) >= 11 is 0. The van der Waals surface area contributed by atoms with Crippen LogP contribution in [0.1, 0.15) is 19.8 Å². The Morgan fingerprint density at radius 3 is 2.50 bits per heavy atom. The molecule has 4 amide bonds. The summed E-state index contributed by atoms with van der Waals surface area (Å²) in [7, 11) is 1.52. The lowest BCUT2D eigenvalue weighted by Gasteiger charge is -2.15. The maximum atomic E-state index is 12.8. The Hall–Kier alpha value is -2.97. The third kappa shape index (κ3) is 5.01. The topological polar surface area (TPSA) is 96.0 Å². The number of anilines is 1.